The van der Waals surface area contributed by atoms with Gasteiger partial charge in [-0.25, -0.2) is 4.39 Å². The molecule has 1 aromatic carbocycles. The maximum Gasteiger partial charge on any atom is 0.165 e. The molecule has 1 heterocycles. The average Bonchev–Trinajstić information content (AvgIpc) is 2.12. The second kappa shape index (κ2) is 3.03. The Hall–Kier alpha value is -1.03. The maximum atomic E-state index is 12.7. The lowest BCUT2D eigenvalue weighted by molar-refractivity contribution is 0.0984. The van der Waals surface area contributed by atoms with Crippen molar-refractivity contribution in [1.29, 1.82) is 0 Å². The molecule has 0 spiro atoms. The Morgan fingerprint density at radius 1 is 1.38 bits per heavy atom. The summed E-state index contributed by atoms with van der Waals surface area (Å²) < 4.78 is 24.1. The van der Waals surface area contributed by atoms with Crippen LogP contribution in [0.25, 0.3) is 0 Å². The summed E-state index contributed by atoms with van der Waals surface area (Å²) in [5, 5.41) is 0. The fraction of sp³-hybridized carbons (Fsp3) is 0.222. The van der Waals surface area contributed by atoms with Gasteiger partial charge in [0, 0.05) is 17.7 Å². The third-order valence-electron chi connectivity index (χ3n) is 2.00. The Kier molecular flexibility index (Phi) is 2.00. The number of fused-ring (bicyclic) bond motifs is 1. The minimum atomic E-state index is -1.21. The van der Waals surface area contributed by atoms with Gasteiger partial charge < -0.3 is 0 Å². The lowest BCUT2D eigenvalue weighted by atomic mass is 10.1. The van der Waals surface area contributed by atoms with E-state index in [0.29, 0.717) is 22.6 Å². The molecule has 1 aliphatic heterocycles. The number of carbonyl (C=O) groups excluding carboxylic acids is 1. The van der Waals surface area contributed by atoms with Gasteiger partial charge in [-0.3, -0.25) is 9.00 Å². The van der Waals surface area contributed by atoms with E-state index < -0.39 is 16.6 Å². The van der Waals surface area contributed by atoms with Crippen LogP contribution in [0.2, 0.25) is 0 Å². The number of carbonyl (C=O) groups is 1. The van der Waals surface area contributed by atoms with Gasteiger partial charge in [-0.1, -0.05) is 0 Å². The molecule has 1 aliphatic rings. The van der Waals surface area contributed by atoms with Gasteiger partial charge in [0.1, 0.15) is 5.82 Å². The zero-order valence-electron chi connectivity index (χ0n) is 6.75. The van der Waals surface area contributed by atoms with Crippen LogP contribution in [0.5, 0.6) is 0 Å². The van der Waals surface area contributed by atoms with Crippen LogP contribution in [0, 0.1) is 5.82 Å². The van der Waals surface area contributed by atoms with Crippen LogP contribution in [-0.4, -0.2) is 15.7 Å². The standard InChI is InChI=1S/C9H7FO2S/c10-6-1-2-7-8(11)3-4-13(12)9(7)5-6/h1-2,5H,3-4H2. The highest BCUT2D eigenvalue weighted by atomic mass is 32.2. The zero-order chi connectivity index (χ0) is 9.42. The lowest BCUT2D eigenvalue weighted by Crippen LogP contribution is -2.16. The summed E-state index contributed by atoms with van der Waals surface area (Å²) in [6.07, 6.45) is 0.297. The summed E-state index contributed by atoms with van der Waals surface area (Å²) in [5.74, 6) is -0.175. The highest BCUT2D eigenvalue weighted by Gasteiger charge is 2.22. The minimum absolute atomic E-state index is 0.0467. The summed E-state index contributed by atoms with van der Waals surface area (Å²) in [4.78, 5) is 11.6. The second-order valence-corrected chi connectivity index (χ2v) is 4.40. The van der Waals surface area contributed by atoms with Gasteiger partial charge in [-0.15, -0.1) is 0 Å². The van der Waals surface area contributed by atoms with Crippen molar-refractivity contribution in [2.24, 2.45) is 0 Å². The largest absolute Gasteiger partial charge is 0.294 e. The van der Waals surface area contributed by atoms with Gasteiger partial charge >= 0.3 is 0 Å². The summed E-state index contributed by atoms with van der Waals surface area (Å²) in [6, 6.07) is 3.81. The molecule has 68 valence electrons. The molecule has 0 N–H and O–H groups in total. The van der Waals surface area contributed by atoms with Gasteiger partial charge in [-0.05, 0) is 18.2 Å². The summed E-state index contributed by atoms with van der Waals surface area (Å²) in [6.45, 7) is 0. The van der Waals surface area contributed by atoms with Crippen molar-refractivity contribution >= 4 is 16.6 Å². The van der Waals surface area contributed by atoms with Crippen LogP contribution in [0.4, 0.5) is 4.39 Å². The Balaban J connectivity index is 2.63. The van der Waals surface area contributed by atoms with E-state index in [1.807, 2.05) is 0 Å². The quantitative estimate of drug-likeness (QED) is 0.633. The topological polar surface area (TPSA) is 34.1 Å². The van der Waals surface area contributed by atoms with E-state index in [0.717, 1.165) is 0 Å². The number of benzene rings is 1. The van der Waals surface area contributed by atoms with Crippen molar-refractivity contribution in [2.75, 3.05) is 5.75 Å². The number of hydrogen-bond donors (Lipinski definition) is 0. The molecule has 0 aromatic heterocycles. The number of ketones is 1. The third kappa shape index (κ3) is 1.42. The average molecular weight is 198 g/mol. The molecule has 0 saturated heterocycles. The first kappa shape index (κ1) is 8.56. The van der Waals surface area contributed by atoms with E-state index in [-0.39, 0.29) is 5.78 Å². The van der Waals surface area contributed by atoms with Crippen LogP contribution in [0.3, 0.4) is 0 Å². The van der Waals surface area contributed by atoms with Gasteiger partial charge in [0.25, 0.3) is 0 Å². The fourth-order valence-corrected chi connectivity index (χ4v) is 2.61. The van der Waals surface area contributed by atoms with E-state index in [1.165, 1.54) is 18.2 Å². The Morgan fingerprint density at radius 3 is 2.92 bits per heavy atom. The molecule has 1 atom stereocenters. The normalized spacial score (nSPS) is 21.3. The first-order chi connectivity index (χ1) is 6.18. The van der Waals surface area contributed by atoms with E-state index in [4.69, 9.17) is 0 Å². The molecule has 0 amide bonds. The molecule has 0 fully saturated rings. The van der Waals surface area contributed by atoms with E-state index in [1.54, 1.807) is 0 Å². The van der Waals surface area contributed by atoms with Crippen LogP contribution in [0.1, 0.15) is 16.8 Å². The van der Waals surface area contributed by atoms with E-state index in [9.17, 15) is 13.4 Å². The predicted octanol–water partition coefficient (Wildman–Crippen LogP) is 1.52. The Labute approximate surface area is 77.2 Å². The van der Waals surface area contributed by atoms with E-state index in [2.05, 4.69) is 0 Å². The highest BCUT2D eigenvalue weighted by Crippen LogP contribution is 2.22. The van der Waals surface area contributed by atoms with Crippen LogP contribution < -0.4 is 0 Å². The number of halogens is 1. The Bertz CT molecular complexity index is 401. The molecular formula is C9H7FO2S. The number of hydrogen-bond acceptors (Lipinski definition) is 2. The lowest BCUT2D eigenvalue weighted by Gasteiger charge is -2.13. The molecule has 0 saturated carbocycles. The molecule has 2 rings (SSSR count). The minimum Gasteiger partial charge on any atom is -0.294 e. The summed E-state index contributed by atoms with van der Waals surface area (Å²) in [7, 11) is -1.21. The molecule has 13 heavy (non-hydrogen) atoms. The van der Waals surface area contributed by atoms with Gasteiger partial charge in [0.05, 0.1) is 15.7 Å². The van der Waals surface area contributed by atoms with Crippen LogP contribution in [0.15, 0.2) is 23.1 Å². The molecule has 4 heteroatoms. The highest BCUT2D eigenvalue weighted by molar-refractivity contribution is 7.85. The molecule has 1 unspecified atom stereocenters. The van der Waals surface area contributed by atoms with E-state index >= 15 is 0 Å². The summed E-state index contributed by atoms with van der Waals surface area (Å²) in [5.41, 5.74) is 0.408. The molecule has 1 aromatic rings. The van der Waals surface area contributed by atoms with Crippen LogP contribution >= 0.6 is 0 Å². The zero-order valence-corrected chi connectivity index (χ0v) is 7.57. The van der Waals surface area contributed by atoms with Crippen molar-refractivity contribution < 1.29 is 13.4 Å². The maximum absolute atomic E-state index is 12.7. The van der Waals surface area contributed by atoms with Gasteiger partial charge in [0.15, 0.2) is 5.78 Å². The van der Waals surface area contributed by atoms with Crippen molar-refractivity contribution in [1.82, 2.24) is 0 Å². The number of rotatable bonds is 0. The van der Waals surface area contributed by atoms with Gasteiger partial charge in [0.2, 0.25) is 0 Å². The van der Waals surface area contributed by atoms with Crippen LogP contribution in [-0.2, 0) is 10.8 Å². The SMILES string of the molecule is O=C1CCS(=O)c2cc(F)ccc21. The van der Waals surface area contributed by atoms with Crippen molar-refractivity contribution in [3.8, 4) is 0 Å². The number of Topliss-reactive ketones (excluding diaryl/α,β-unsaturated/α-hetero) is 1. The molecule has 0 radical (unpaired) electrons. The van der Waals surface area contributed by atoms with Crippen molar-refractivity contribution in [2.45, 2.75) is 11.3 Å². The van der Waals surface area contributed by atoms with Gasteiger partial charge in [-0.2, -0.15) is 0 Å². The first-order valence-electron chi connectivity index (χ1n) is 3.89. The predicted molar refractivity (Wildman–Crippen MR) is 46.6 cm³/mol. The molecule has 0 aliphatic carbocycles. The molecule has 0 bridgehead atoms. The molecular weight excluding hydrogens is 191 g/mol. The second-order valence-electron chi connectivity index (χ2n) is 2.86. The molecule has 2 nitrogen and oxygen atoms in total. The smallest absolute Gasteiger partial charge is 0.165 e. The van der Waals surface area contributed by atoms with Crippen molar-refractivity contribution in [3.05, 3.63) is 29.6 Å². The monoisotopic (exact) mass is 198 g/mol. The first-order valence-corrected chi connectivity index (χ1v) is 5.21. The summed E-state index contributed by atoms with van der Waals surface area (Å²) >= 11 is 0. The van der Waals surface area contributed by atoms with Crippen molar-refractivity contribution in [3.63, 3.8) is 0 Å². The fourth-order valence-electron chi connectivity index (χ4n) is 1.34. The Morgan fingerprint density at radius 2 is 2.15 bits per heavy atom. The third-order valence-corrected chi connectivity index (χ3v) is 3.41.